The number of benzene rings is 1. The molecule has 0 bridgehead atoms. The quantitative estimate of drug-likeness (QED) is 0.781. The second-order valence-electron chi connectivity index (χ2n) is 6.79. The Morgan fingerprint density at radius 3 is 2.84 bits per heavy atom. The predicted molar refractivity (Wildman–Crippen MR) is 96.8 cm³/mol. The number of urea groups is 1. The molecule has 0 radical (unpaired) electrons. The number of hydrogen-bond donors (Lipinski definition) is 3. The average molecular weight is 342 g/mol. The normalized spacial score (nSPS) is 20.2. The van der Waals surface area contributed by atoms with Gasteiger partial charge in [0, 0.05) is 37.5 Å². The van der Waals surface area contributed by atoms with Crippen LogP contribution in [0.2, 0.25) is 0 Å². The lowest BCUT2D eigenvalue weighted by Gasteiger charge is -2.25. The minimum absolute atomic E-state index is 0.178. The highest BCUT2D eigenvalue weighted by molar-refractivity contribution is 5.74. The van der Waals surface area contributed by atoms with Crippen LogP contribution in [0.4, 0.5) is 4.79 Å². The number of aryl methyl sites for hydroxylation is 1. The van der Waals surface area contributed by atoms with Crippen molar-refractivity contribution in [1.82, 2.24) is 20.4 Å². The Labute approximate surface area is 148 Å². The summed E-state index contributed by atoms with van der Waals surface area (Å²) in [6.45, 7) is 1.04. The van der Waals surface area contributed by atoms with Gasteiger partial charge in [-0.2, -0.15) is 5.10 Å². The first-order chi connectivity index (χ1) is 12.1. The fourth-order valence-electron chi connectivity index (χ4n) is 3.43. The third-order valence-electron chi connectivity index (χ3n) is 4.70. The lowest BCUT2D eigenvalue weighted by atomic mass is 9.87. The lowest BCUT2D eigenvalue weighted by molar-refractivity contribution is 0.101. The molecule has 25 heavy (non-hydrogen) atoms. The second-order valence-corrected chi connectivity index (χ2v) is 6.79. The Balaban J connectivity index is 1.52. The Kier molecular flexibility index (Phi) is 5.71. The number of rotatable bonds is 5. The van der Waals surface area contributed by atoms with Crippen molar-refractivity contribution >= 4 is 6.03 Å². The number of aliphatic hydroxyl groups is 1. The average Bonchev–Trinajstić information content (AvgIpc) is 3.00. The number of carbonyl (C=O) groups excluding carboxylic acids is 1. The molecular weight excluding hydrogens is 316 g/mol. The van der Waals surface area contributed by atoms with Crippen molar-refractivity contribution in [1.29, 1.82) is 0 Å². The summed E-state index contributed by atoms with van der Waals surface area (Å²) in [5.74, 6) is 0.368. The maximum atomic E-state index is 12.1. The highest BCUT2D eigenvalue weighted by atomic mass is 16.3. The van der Waals surface area contributed by atoms with Crippen molar-refractivity contribution in [3.63, 3.8) is 0 Å². The summed E-state index contributed by atoms with van der Waals surface area (Å²) >= 11 is 0. The van der Waals surface area contributed by atoms with Gasteiger partial charge in [-0.1, -0.05) is 36.8 Å². The number of nitrogens with one attached hydrogen (secondary N) is 2. The van der Waals surface area contributed by atoms with Gasteiger partial charge in [0.25, 0.3) is 0 Å². The van der Waals surface area contributed by atoms with E-state index >= 15 is 0 Å². The van der Waals surface area contributed by atoms with Crippen molar-refractivity contribution in [2.24, 2.45) is 13.0 Å². The fraction of sp³-hybridized carbons (Fsp3) is 0.474. The number of amides is 2. The number of hydrogen-bond acceptors (Lipinski definition) is 3. The van der Waals surface area contributed by atoms with E-state index in [2.05, 4.69) is 15.7 Å². The predicted octanol–water partition coefficient (Wildman–Crippen LogP) is 2.44. The fourth-order valence-corrected chi connectivity index (χ4v) is 3.43. The number of aliphatic hydroxyl groups excluding tert-OH is 1. The lowest BCUT2D eigenvalue weighted by Crippen LogP contribution is -2.39. The molecule has 1 aliphatic rings. The highest BCUT2D eigenvalue weighted by Gasteiger charge is 2.20. The zero-order chi connectivity index (χ0) is 17.6. The van der Waals surface area contributed by atoms with Gasteiger partial charge >= 0.3 is 6.03 Å². The van der Waals surface area contributed by atoms with Crippen LogP contribution in [0.15, 0.2) is 36.5 Å². The molecule has 6 heteroatoms. The van der Waals surface area contributed by atoms with E-state index in [1.165, 1.54) is 0 Å². The summed E-state index contributed by atoms with van der Waals surface area (Å²) in [5, 5.41) is 20.0. The Morgan fingerprint density at radius 2 is 2.08 bits per heavy atom. The maximum absolute atomic E-state index is 12.1. The van der Waals surface area contributed by atoms with Crippen molar-refractivity contribution < 1.29 is 9.90 Å². The van der Waals surface area contributed by atoms with E-state index in [0.717, 1.165) is 42.5 Å². The molecule has 0 unspecified atom stereocenters. The molecule has 1 aromatic heterocycles. The Morgan fingerprint density at radius 1 is 1.28 bits per heavy atom. The van der Waals surface area contributed by atoms with E-state index in [-0.39, 0.29) is 12.1 Å². The first kappa shape index (κ1) is 17.5. The number of nitrogens with zero attached hydrogens (tertiary/aromatic N) is 2. The van der Waals surface area contributed by atoms with Gasteiger partial charge in [0.2, 0.25) is 0 Å². The van der Waals surface area contributed by atoms with Gasteiger partial charge in [-0.25, -0.2) is 4.79 Å². The largest absolute Gasteiger partial charge is 0.393 e. The monoisotopic (exact) mass is 342 g/mol. The molecular formula is C19H26N4O2. The summed E-state index contributed by atoms with van der Waals surface area (Å²) in [6.07, 6.45) is 5.48. The van der Waals surface area contributed by atoms with Crippen LogP contribution in [0.1, 0.15) is 31.2 Å². The van der Waals surface area contributed by atoms with Crippen molar-refractivity contribution in [3.8, 4) is 11.3 Å². The van der Waals surface area contributed by atoms with E-state index in [1.54, 1.807) is 4.68 Å². The van der Waals surface area contributed by atoms with Gasteiger partial charge in [-0.15, -0.1) is 0 Å². The zero-order valence-corrected chi connectivity index (χ0v) is 14.6. The molecule has 2 amide bonds. The van der Waals surface area contributed by atoms with E-state index in [4.69, 9.17) is 0 Å². The van der Waals surface area contributed by atoms with Gasteiger partial charge in [0.1, 0.15) is 0 Å². The second kappa shape index (κ2) is 8.16. The van der Waals surface area contributed by atoms with Crippen molar-refractivity contribution in [2.45, 2.75) is 38.3 Å². The summed E-state index contributed by atoms with van der Waals surface area (Å²) in [7, 11) is 1.88. The van der Waals surface area contributed by atoms with Crippen LogP contribution in [0.25, 0.3) is 11.3 Å². The Bertz CT molecular complexity index is 699. The van der Waals surface area contributed by atoms with Gasteiger partial charge in [-0.3, -0.25) is 4.68 Å². The van der Waals surface area contributed by atoms with Crippen LogP contribution in [0, 0.1) is 5.92 Å². The van der Waals surface area contributed by atoms with E-state index in [9.17, 15) is 9.90 Å². The van der Waals surface area contributed by atoms with E-state index < -0.39 is 0 Å². The summed E-state index contributed by atoms with van der Waals surface area (Å²) < 4.78 is 1.76. The number of carbonyl (C=O) groups is 1. The molecule has 3 N–H and O–H groups in total. The van der Waals surface area contributed by atoms with Gasteiger partial charge in [0.15, 0.2) is 0 Å². The molecule has 3 rings (SSSR count). The van der Waals surface area contributed by atoms with Gasteiger partial charge in [0.05, 0.1) is 11.8 Å². The third kappa shape index (κ3) is 4.82. The summed E-state index contributed by atoms with van der Waals surface area (Å²) in [5.41, 5.74) is 2.91. The van der Waals surface area contributed by atoms with Gasteiger partial charge in [-0.05, 0) is 25.2 Å². The molecule has 1 fully saturated rings. The van der Waals surface area contributed by atoms with E-state index in [1.807, 2.05) is 43.6 Å². The van der Waals surface area contributed by atoms with Crippen LogP contribution in [-0.4, -0.2) is 33.6 Å². The smallest absolute Gasteiger partial charge is 0.315 e. The zero-order valence-electron chi connectivity index (χ0n) is 14.6. The van der Waals surface area contributed by atoms with Crippen LogP contribution in [0.5, 0.6) is 0 Å². The standard InChI is InChI=1S/C19H26N4O2/c1-23-13-16(18(22-23)15-7-3-2-4-8-15)12-21-19(25)20-11-14-6-5-9-17(24)10-14/h2-4,7-8,13-14,17,24H,5-6,9-12H2,1H3,(H2,20,21,25)/t14-,17+/m1/s1. The van der Waals surface area contributed by atoms with Crippen LogP contribution in [0.3, 0.4) is 0 Å². The first-order valence-corrected chi connectivity index (χ1v) is 8.89. The number of aromatic nitrogens is 2. The molecule has 0 aliphatic heterocycles. The molecule has 2 aromatic rings. The van der Waals surface area contributed by atoms with E-state index in [0.29, 0.717) is 19.0 Å². The molecule has 1 saturated carbocycles. The topological polar surface area (TPSA) is 79.2 Å². The molecule has 1 heterocycles. The van der Waals surface area contributed by atoms with Crippen molar-refractivity contribution in [3.05, 3.63) is 42.1 Å². The molecule has 2 atom stereocenters. The maximum Gasteiger partial charge on any atom is 0.315 e. The highest BCUT2D eigenvalue weighted by Crippen LogP contribution is 2.23. The molecule has 1 aliphatic carbocycles. The van der Waals surface area contributed by atoms with Gasteiger partial charge < -0.3 is 15.7 Å². The van der Waals surface area contributed by atoms with Crippen LogP contribution in [-0.2, 0) is 13.6 Å². The molecule has 0 saturated heterocycles. The third-order valence-corrected chi connectivity index (χ3v) is 4.70. The summed E-state index contributed by atoms with van der Waals surface area (Å²) in [6, 6.07) is 9.78. The SMILES string of the molecule is Cn1cc(CNC(=O)NC[C@@H]2CCC[C@H](O)C2)c(-c2ccccc2)n1. The minimum Gasteiger partial charge on any atom is -0.393 e. The Hall–Kier alpha value is -2.34. The van der Waals surface area contributed by atoms with Crippen LogP contribution >= 0.6 is 0 Å². The molecule has 6 nitrogen and oxygen atoms in total. The summed E-state index contributed by atoms with van der Waals surface area (Å²) in [4.78, 5) is 12.1. The molecule has 0 spiro atoms. The van der Waals surface area contributed by atoms with Crippen molar-refractivity contribution in [2.75, 3.05) is 6.54 Å². The molecule has 1 aromatic carbocycles. The molecule has 134 valence electrons. The first-order valence-electron chi connectivity index (χ1n) is 8.89. The van der Waals surface area contributed by atoms with Crippen LogP contribution < -0.4 is 10.6 Å². The minimum atomic E-state index is -0.215.